The minimum atomic E-state index is -4.38. The van der Waals surface area contributed by atoms with Crippen molar-refractivity contribution >= 4 is 28.2 Å². The van der Waals surface area contributed by atoms with Gasteiger partial charge in [-0.2, -0.15) is 13.2 Å². The van der Waals surface area contributed by atoms with Crippen LogP contribution >= 0.6 is 0 Å². The summed E-state index contributed by atoms with van der Waals surface area (Å²) in [6, 6.07) is 11.4. The molecule has 4 heterocycles. The van der Waals surface area contributed by atoms with Crippen molar-refractivity contribution in [3.63, 3.8) is 0 Å². The molecule has 1 aromatic carbocycles. The van der Waals surface area contributed by atoms with E-state index in [-0.39, 0.29) is 13.1 Å². The minimum absolute atomic E-state index is 0.165. The van der Waals surface area contributed by atoms with E-state index in [0.717, 1.165) is 5.69 Å². The van der Waals surface area contributed by atoms with E-state index in [0.29, 0.717) is 46.2 Å². The van der Waals surface area contributed by atoms with Gasteiger partial charge in [-0.15, -0.1) is 0 Å². The third kappa shape index (κ3) is 4.80. The fourth-order valence-corrected chi connectivity index (χ4v) is 4.02. The maximum absolute atomic E-state index is 13.5. The van der Waals surface area contributed by atoms with Gasteiger partial charge in [0.15, 0.2) is 5.82 Å². The molecule has 2 N–H and O–H groups in total. The highest BCUT2D eigenvalue weighted by Gasteiger charge is 2.42. The van der Waals surface area contributed by atoms with E-state index in [1.807, 2.05) is 30.3 Å². The number of piperazine rings is 1. The number of hydrogen-bond donors (Lipinski definition) is 2. The topological polar surface area (TPSA) is 88.1 Å². The van der Waals surface area contributed by atoms with Gasteiger partial charge in [0.05, 0.1) is 30.4 Å². The lowest BCUT2D eigenvalue weighted by atomic mass is 10.1. The second-order valence-corrected chi connectivity index (χ2v) is 8.02. The Bertz CT molecular complexity index is 1330. The number of nitrogens with zero attached hydrogens (tertiary/aromatic N) is 5. The van der Waals surface area contributed by atoms with Crippen LogP contribution in [0.3, 0.4) is 0 Å². The lowest BCUT2D eigenvalue weighted by Crippen LogP contribution is -2.57. The average Bonchev–Trinajstić information content (AvgIpc) is 2.88. The zero-order valence-electron chi connectivity index (χ0n) is 18.8. The van der Waals surface area contributed by atoms with Crippen molar-refractivity contribution in [2.24, 2.45) is 0 Å². The largest absolute Gasteiger partial charge is 0.494 e. The first-order valence-corrected chi connectivity index (χ1v) is 11.0. The Morgan fingerprint density at radius 2 is 1.94 bits per heavy atom. The third-order valence-corrected chi connectivity index (χ3v) is 5.71. The van der Waals surface area contributed by atoms with E-state index in [2.05, 4.69) is 25.6 Å². The van der Waals surface area contributed by atoms with Gasteiger partial charge in [-0.1, -0.05) is 18.2 Å². The number of para-hydroxylation sites is 1. The molecule has 1 atom stereocenters. The first-order valence-electron chi connectivity index (χ1n) is 11.0. The molecule has 8 nitrogen and oxygen atoms in total. The standard InChI is InChI=1S/C24H22F3N7O/c1-35-18-13-28-12-17-21(18)23(34-10-9-29-19(14-34)24(25,26)27)33-22(32-17)15-7-8-30-20(11-15)31-16-5-3-2-4-6-16/h2-8,11-13,19,29H,9-10,14H2,1H3,(H,30,31). The van der Waals surface area contributed by atoms with Crippen molar-refractivity contribution in [2.45, 2.75) is 12.2 Å². The summed E-state index contributed by atoms with van der Waals surface area (Å²) in [5.74, 6) is 1.70. The smallest absolute Gasteiger partial charge is 0.405 e. The normalized spacial score (nSPS) is 16.3. The number of pyridine rings is 2. The quantitative estimate of drug-likeness (QED) is 0.439. The summed E-state index contributed by atoms with van der Waals surface area (Å²) in [5.41, 5.74) is 2.00. The average molecular weight is 481 g/mol. The molecular formula is C24H22F3N7O. The molecule has 5 rings (SSSR count). The Balaban J connectivity index is 1.59. The molecule has 0 amide bonds. The molecule has 0 aliphatic carbocycles. The van der Waals surface area contributed by atoms with Crippen LogP contribution in [0.4, 0.5) is 30.5 Å². The number of ether oxygens (including phenoxy) is 1. The van der Waals surface area contributed by atoms with E-state index in [1.54, 1.807) is 29.4 Å². The van der Waals surface area contributed by atoms with Crippen molar-refractivity contribution in [2.75, 3.05) is 37.0 Å². The Morgan fingerprint density at radius 1 is 1.11 bits per heavy atom. The van der Waals surface area contributed by atoms with Crippen molar-refractivity contribution in [3.8, 4) is 17.1 Å². The lowest BCUT2D eigenvalue weighted by Gasteiger charge is -2.36. The highest BCUT2D eigenvalue weighted by molar-refractivity contribution is 5.95. The highest BCUT2D eigenvalue weighted by atomic mass is 19.4. The SMILES string of the molecule is COc1cncc2nc(-c3ccnc(Nc4ccccc4)c3)nc(N3CCNC(C(F)(F)F)C3)c12. The number of alkyl halides is 3. The second-order valence-electron chi connectivity index (χ2n) is 8.02. The van der Waals surface area contributed by atoms with Crippen LogP contribution < -0.4 is 20.3 Å². The van der Waals surface area contributed by atoms with Crippen LogP contribution in [0.25, 0.3) is 22.3 Å². The Kier molecular flexibility index (Phi) is 6.08. The van der Waals surface area contributed by atoms with Gasteiger partial charge in [-0.05, 0) is 24.3 Å². The molecule has 0 saturated carbocycles. The summed E-state index contributed by atoms with van der Waals surface area (Å²) in [5, 5.41) is 6.29. The number of anilines is 3. The molecule has 0 spiro atoms. The molecule has 1 fully saturated rings. The first kappa shape index (κ1) is 22.8. The molecule has 35 heavy (non-hydrogen) atoms. The first-order chi connectivity index (χ1) is 16.9. The monoisotopic (exact) mass is 481 g/mol. The summed E-state index contributed by atoms with van der Waals surface area (Å²) in [6.07, 6.45) is 0.314. The number of hydrogen-bond acceptors (Lipinski definition) is 8. The highest BCUT2D eigenvalue weighted by Crippen LogP contribution is 2.35. The molecule has 1 saturated heterocycles. The Labute approximate surface area is 199 Å². The molecule has 3 aromatic heterocycles. The number of rotatable bonds is 5. The molecule has 1 aliphatic heterocycles. The van der Waals surface area contributed by atoms with E-state index in [1.165, 1.54) is 13.3 Å². The molecule has 0 bridgehead atoms. The fourth-order valence-electron chi connectivity index (χ4n) is 4.02. The van der Waals surface area contributed by atoms with Crippen molar-refractivity contribution in [1.29, 1.82) is 0 Å². The van der Waals surface area contributed by atoms with E-state index < -0.39 is 12.2 Å². The molecule has 11 heteroatoms. The number of benzene rings is 1. The molecule has 1 aliphatic rings. The van der Waals surface area contributed by atoms with Crippen LogP contribution in [0.15, 0.2) is 61.1 Å². The van der Waals surface area contributed by atoms with Crippen LogP contribution in [-0.2, 0) is 0 Å². The summed E-state index contributed by atoms with van der Waals surface area (Å²) >= 11 is 0. The molecule has 180 valence electrons. The molecule has 1 unspecified atom stereocenters. The van der Waals surface area contributed by atoms with Gasteiger partial charge in [-0.3, -0.25) is 4.98 Å². The second kappa shape index (κ2) is 9.34. The van der Waals surface area contributed by atoms with Gasteiger partial charge in [-0.25, -0.2) is 15.0 Å². The van der Waals surface area contributed by atoms with Crippen LogP contribution in [0.5, 0.6) is 5.75 Å². The number of aromatic nitrogens is 4. The Hall–Kier alpha value is -3.99. The molecular weight excluding hydrogens is 459 g/mol. The maximum atomic E-state index is 13.5. The van der Waals surface area contributed by atoms with Gasteiger partial charge < -0.3 is 20.3 Å². The zero-order chi connectivity index (χ0) is 24.4. The number of fused-ring (bicyclic) bond motifs is 1. The number of nitrogens with one attached hydrogen (secondary N) is 2. The summed E-state index contributed by atoms with van der Waals surface area (Å²) in [6.45, 7) is 0.233. The summed E-state index contributed by atoms with van der Waals surface area (Å²) < 4.78 is 45.9. The fraction of sp³-hybridized carbons (Fsp3) is 0.250. The zero-order valence-corrected chi connectivity index (χ0v) is 18.8. The summed E-state index contributed by atoms with van der Waals surface area (Å²) in [7, 11) is 1.48. The number of halogens is 3. The molecule has 4 aromatic rings. The van der Waals surface area contributed by atoms with Crippen molar-refractivity contribution in [1.82, 2.24) is 25.3 Å². The number of methoxy groups -OCH3 is 1. The Morgan fingerprint density at radius 3 is 2.71 bits per heavy atom. The lowest BCUT2D eigenvalue weighted by molar-refractivity contribution is -0.155. The van der Waals surface area contributed by atoms with Crippen LogP contribution in [0, 0.1) is 0 Å². The van der Waals surface area contributed by atoms with Crippen molar-refractivity contribution < 1.29 is 17.9 Å². The predicted octanol–water partition coefficient (Wildman–Crippen LogP) is 4.18. The van der Waals surface area contributed by atoms with Gasteiger partial charge >= 0.3 is 6.18 Å². The van der Waals surface area contributed by atoms with Gasteiger partial charge in [0.2, 0.25) is 0 Å². The third-order valence-electron chi connectivity index (χ3n) is 5.71. The van der Waals surface area contributed by atoms with Gasteiger partial charge in [0.1, 0.15) is 23.4 Å². The maximum Gasteiger partial charge on any atom is 0.405 e. The van der Waals surface area contributed by atoms with Gasteiger partial charge in [0, 0.05) is 37.1 Å². The van der Waals surface area contributed by atoms with E-state index >= 15 is 0 Å². The summed E-state index contributed by atoms with van der Waals surface area (Å²) in [4.78, 5) is 19.5. The minimum Gasteiger partial charge on any atom is -0.494 e. The van der Waals surface area contributed by atoms with Gasteiger partial charge in [0.25, 0.3) is 0 Å². The van der Waals surface area contributed by atoms with E-state index in [4.69, 9.17) is 9.72 Å². The van der Waals surface area contributed by atoms with Crippen LogP contribution in [0.1, 0.15) is 0 Å². The van der Waals surface area contributed by atoms with E-state index in [9.17, 15) is 13.2 Å². The molecule has 0 radical (unpaired) electrons. The van der Waals surface area contributed by atoms with Crippen molar-refractivity contribution in [3.05, 3.63) is 61.1 Å². The van der Waals surface area contributed by atoms with Crippen LogP contribution in [-0.4, -0.2) is 58.9 Å². The van der Waals surface area contributed by atoms with Crippen LogP contribution in [0.2, 0.25) is 0 Å². The predicted molar refractivity (Wildman–Crippen MR) is 127 cm³/mol.